The normalized spacial score (nSPS) is 11.0. The number of nitrogens with one attached hydrogen (secondary N) is 3. The van der Waals surface area contributed by atoms with Gasteiger partial charge in [0.25, 0.3) is 5.91 Å². The summed E-state index contributed by atoms with van der Waals surface area (Å²) in [6.45, 7) is 1.93. The summed E-state index contributed by atoms with van der Waals surface area (Å²) in [5.41, 5.74) is 2.94. The third-order valence-electron chi connectivity index (χ3n) is 4.41. The van der Waals surface area contributed by atoms with Crippen LogP contribution in [0.15, 0.2) is 35.1 Å². The van der Waals surface area contributed by atoms with Crippen LogP contribution in [0.1, 0.15) is 23.0 Å². The van der Waals surface area contributed by atoms with Crippen molar-refractivity contribution >= 4 is 22.6 Å². The Morgan fingerprint density at radius 1 is 1.25 bits per heavy atom. The summed E-state index contributed by atoms with van der Waals surface area (Å²) in [5.74, 6) is 2.03. The molecule has 0 atom stereocenters. The molecule has 0 fully saturated rings. The van der Waals surface area contributed by atoms with E-state index in [9.17, 15) is 4.79 Å². The third-order valence-corrected chi connectivity index (χ3v) is 4.41. The molecule has 1 aromatic carbocycles. The van der Waals surface area contributed by atoms with Gasteiger partial charge in [0.05, 0.1) is 42.8 Å². The number of hydrogen-bond donors (Lipinski definition) is 3. The van der Waals surface area contributed by atoms with Crippen molar-refractivity contribution in [2.45, 2.75) is 13.3 Å². The number of aromatic nitrogens is 4. The third kappa shape index (κ3) is 2.96. The Hall–Kier alpha value is -3.75. The summed E-state index contributed by atoms with van der Waals surface area (Å²) < 4.78 is 16.0. The molecule has 0 aliphatic rings. The van der Waals surface area contributed by atoms with Gasteiger partial charge in [-0.15, -0.1) is 0 Å². The van der Waals surface area contributed by atoms with Crippen LogP contribution in [-0.4, -0.2) is 40.3 Å². The molecule has 4 rings (SSSR count). The Morgan fingerprint density at radius 3 is 2.79 bits per heavy atom. The summed E-state index contributed by atoms with van der Waals surface area (Å²) in [6, 6.07) is 5.22. The SMILES string of the molecule is CCc1occc1C(=O)Nc1c[nH]nc1-c1nc2cc(OC)c(OC)cc2[nH]1. The molecule has 144 valence electrons. The van der Waals surface area contributed by atoms with Crippen molar-refractivity contribution in [3.05, 3.63) is 42.0 Å². The molecule has 0 spiro atoms. The van der Waals surface area contributed by atoms with E-state index in [2.05, 4.69) is 25.5 Å². The molecule has 9 heteroatoms. The zero-order valence-corrected chi connectivity index (χ0v) is 15.6. The molecule has 3 aromatic heterocycles. The molecule has 4 aromatic rings. The minimum Gasteiger partial charge on any atom is -0.493 e. The molecule has 0 unspecified atom stereocenters. The number of hydrogen-bond acceptors (Lipinski definition) is 6. The first kappa shape index (κ1) is 17.7. The van der Waals surface area contributed by atoms with Crippen molar-refractivity contribution in [3.8, 4) is 23.0 Å². The van der Waals surface area contributed by atoms with Crippen molar-refractivity contribution < 1.29 is 18.7 Å². The van der Waals surface area contributed by atoms with Crippen LogP contribution in [0.2, 0.25) is 0 Å². The van der Waals surface area contributed by atoms with Gasteiger partial charge in [-0.05, 0) is 6.07 Å². The van der Waals surface area contributed by atoms with Crippen LogP contribution in [0.25, 0.3) is 22.6 Å². The van der Waals surface area contributed by atoms with E-state index in [1.807, 2.05) is 6.92 Å². The number of H-pyrrole nitrogens is 2. The van der Waals surface area contributed by atoms with Gasteiger partial charge in [0.1, 0.15) is 5.76 Å². The molecule has 28 heavy (non-hydrogen) atoms. The van der Waals surface area contributed by atoms with E-state index >= 15 is 0 Å². The fourth-order valence-electron chi connectivity index (χ4n) is 3.02. The number of imidazole rings is 1. The van der Waals surface area contributed by atoms with Gasteiger partial charge in [0, 0.05) is 24.8 Å². The number of aromatic amines is 2. The number of fused-ring (bicyclic) bond motifs is 1. The molecule has 0 saturated heterocycles. The second-order valence-electron chi connectivity index (χ2n) is 6.02. The topological polar surface area (TPSA) is 118 Å². The number of amides is 1. The molecule has 9 nitrogen and oxygen atoms in total. The van der Waals surface area contributed by atoms with Crippen LogP contribution >= 0.6 is 0 Å². The smallest absolute Gasteiger partial charge is 0.259 e. The first-order chi connectivity index (χ1) is 13.6. The highest BCUT2D eigenvalue weighted by Crippen LogP contribution is 2.33. The van der Waals surface area contributed by atoms with E-state index in [0.29, 0.717) is 52.0 Å². The van der Waals surface area contributed by atoms with Gasteiger partial charge in [-0.2, -0.15) is 5.10 Å². The van der Waals surface area contributed by atoms with Crippen LogP contribution in [0.5, 0.6) is 11.5 Å². The minimum absolute atomic E-state index is 0.271. The van der Waals surface area contributed by atoms with Crippen molar-refractivity contribution in [3.63, 3.8) is 0 Å². The molecule has 0 aliphatic carbocycles. The lowest BCUT2D eigenvalue weighted by molar-refractivity contribution is 0.102. The summed E-state index contributed by atoms with van der Waals surface area (Å²) in [4.78, 5) is 20.4. The van der Waals surface area contributed by atoms with E-state index in [4.69, 9.17) is 13.9 Å². The first-order valence-electron chi connectivity index (χ1n) is 8.68. The molecule has 0 saturated carbocycles. The summed E-state index contributed by atoms with van der Waals surface area (Å²) >= 11 is 0. The number of anilines is 1. The molecule has 3 heterocycles. The average molecular weight is 381 g/mol. The lowest BCUT2D eigenvalue weighted by Crippen LogP contribution is -2.13. The van der Waals surface area contributed by atoms with Gasteiger partial charge >= 0.3 is 0 Å². The molecular weight excluding hydrogens is 362 g/mol. The van der Waals surface area contributed by atoms with E-state index in [1.54, 1.807) is 38.6 Å². The van der Waals surface area contributed by atoms with Gasteiger partial charge in [0.15, 0.2) is 23.0 Å². The van der Waals surface area contributed by atoms with E-state index in [0.717, 1.165) is 5.52 Å². The zero-order chi connectivity index (χ0) is 19.7. The highest BCUT2D eigenvalue weighted by molar-refractivity contribution is 6.06. The maximum absolute atomic E-state index is 12.6. The van der Waals surface area contributed by atoms with Gasteiger partial charge in [-0.1, -0.05) is 6.92 Å². The second-order valence-corrected chi connectivity index (χ2v) is 6.02. The van der Waals surface area contributed by atoms with Crippen LogP contribution in [0, 0.1) is 0 Å². The average Bonchev–Trinajstić information content (AvgIpc) is 3.44. The predicted molar refractivity (Wildman–Crippen MR) is 103 cm³/mol. The number of benzene rings is 1. The highest BCUT2D eigenvalue weighted by Gasteiger charge is 2.19. The quantitative estimate of drug-likeness (QED) is 0.471. The van der Waals surface area contributed by atoms with Crippen LogP contribution in [0.3, 0.4) is 0 Å². The van der Waals surface area contributed by atoms with E-state index in [-0.39, 0.29) is 5.91 Å². The Labute approximate surface area is 160 Å². The lowest BCUT2D eigenvalue weighted by Gasteiger charge is -2.06. The Balaban J connectivity index is 1.68. The monoisotopic (exact) mass is 381 g/mol. The van der Waals surface area contributed by atoms with Crippen LogP contribution in [0.4, 0.5) is 5.69 Å². The fraction of sp³-hybridized carbons (Fsp3) is 0.211. The number of carbonyl (C=O) groups excluding carboxylic acids is 1. The number of ether oxygens (including phenoxy) is 2. The van der Waals surface area contributed by atoms with E-state index in [1.165, 1.54) is 6.26 Å². The van der Waals surface area contributed by atoms with Gasteiger partial charge in [0.2, 0.25) is 0 Å². The zero-order valence-electron chi connectivity index (χ0n) is 15.6. The lowest BCUT2D eigenvalue weighted by atomic mass is 10.2. The minimum atomic E-state index is -0.271. The molecular formula is C19H19N5O4. The number of rotatable bonds is 6. The Bertz CT molecular complexity index is 1100. The molecule has 1 amide bonds. The van der Waals surface area contributed by atoms with Gasteiger partial charge in [-0.3, -0.25) is 9.89 Å². The number of aryl methyl sites for hydroxylation is 1. The number of furan rings is 1. The van der Waals surface area contributed by atoms with Crippen molar-refractivity contribution in [1.29, 1.82) is 0 Å². The maximum atomic E-state index is 12.6. The summed E-state index contributed by atoms with van der Waals surface area (Å²) in [7, 11) is 3.14. The van der Waals surface area contributed by atoms with Crippen molar-refractivity contribution in [1.82, 2.24) is 20.2 Å². The molecule has 3 N–H and O–H groups in total. The van der Waals surface area contributed by atoms with Crippen molar-refractivity contribution in [2.75, 3.05) is 19.5 Å². The van der Waals surface area contributed by atoms with Gasteiger partial charge in [-0.25, -0.2) is 4.98 Å². The van der Waals surface area contributed by atoms with E-state index < -0.39 is 0 Å². The maximum Gasteiger partial charge on any atom is 0.259 e. The second kappa shape index (κ2) is 7.10. The Morgan fingerprint density at radius 2 is 2.04 bits per heavy atom. The number of nitrogens with zero attached hydrogens (tertiary/aromatic N) is 2. The van der Waals surface area contributed by atoms with Crippen LogP contribution in [-0.2, 0) is 6.42 Å². The molecule has 0 bridgehead atoms. The fourth-order valence-corrected chi connectivity index (χ4v) is 3.02. The molecule has 0 aliphatic heterocycles. The molecule has 0 radical (unpaired) electrons. The summed E-state index contributed by atoms with van der Waals surface area (Å²) in [6.07, 6.45) is 3.73. The van der Waals surface area contributed by atoms with Crippen molar-refractivity contribution in [2.24, 2.45) is 0 Å². The largest absolute Gasteiger partial charge is 0.493 e. The predicted octanol–water partition coefficient (Wildman–Crippen LogP) is 3.38. The summed E-state index contributed by atoms with van der Waals surface area (Å²) in [5, 5.41) is 9.85. The number of methoxy groups -OCH3 is 2. The van der Waals surface area contributed by atoms with Gasteiger partial charge < -0.3 is 24.2 Å². The number of carbonyl (C=O) groups is 1. The first-order valence-corrected chi connectivity index (χ1v) is 8.68. The standard InChI is InChI=1S/C19H19N5O4/c1-4-14-10(5-6-28-14)19(25)23-13-9-20-24-17(13)18-21-11-7-15(26-2)16(27-3)8-12(11)22-18/h5-9H,4H2,1-3H3,(H,20,24)(H,21,22)(H,23,25). The Kier molecular flexibility index (Phi) is 4.48. The highest BCUT2D eigenvalue weighted by atomic mass is 16.5. The van der Waals surface area contributed by atoms with Crippen LogP contribution < -0.4 is 14.8 Å².